The molecular weight excluding hydrogens is 186 g/mol. The number of nitrogens with zero attached hydrogens (tertiary/aromatic N) is 1. The third-order valence-electron chi connectivity index (χ3n) is 2.90. The summed E-state index contributed by atoms with van der Waals surface area (Å²) in [5, 5.41) is 2.10. The van der Waals surface area contributed by atoms with E-state index in [9.17, 15) is 0 Å². The van der Waals surface area contributed by atoms with Gasteiger partial charge in [0.25, 0.3) is 0 Å². The molecule has 0 atom stereocenters. The van der Waals surface area contributed by atoms with Crippen molar-refractivity contribution in [1.82, 2.24) is 5.06 Å². The van der Waals surface area contributed by atoms with Gasteiger partial charge in [0.05, 0.1) is 0 Å². The molecule has 1 aliphatic rings. The quantitative estimate of drug-likeness (QED) is 0.752. The molecule has 2 rings (SSSR count). The van der Waals surface area contributed by atoms with Crippen molar-refractivity contribution < 1.29 is 4.84 Å². The Hall–Kier alpha value is -1.02. The fourth-order valence-corrected chi connectivity index (χ4v) is 1.98. The monoisotopic (exact) mass is 205 g/mol. The molecule has 0 saturated carbocycles. The van der Waals surface area contributed by atoms with Crippen molar-refractivity contribution in [3.05, 3.63) is 29.8 Å². The minimum absolute atomic E-state index is 1.03. The second-order valence-electron chi connectivity index (χ2n) is 4.04. The first-order valence-electron chi connectivity index (χ1n) is 5.91. The lowest BCUT2D eigenvalue weighted by Crippen LogP contribution is -2.33. The van der Waals surface area contributed by atoms with Crippen LogP contribution < -0.4 is 4.84 Å². The van der Waals surface area contributed by atoms with Crippen LogP contribution in [0.2, 0.25) is 0 Å². The van der Waals surface area contributed by atoms with Gasteiger partial charge in [-0.1, -0.05) is 31.5 Å². The van der Waals surface area contributed by atoms with Gasteiger partial charge < -0.3 is 4.84 Å². The van der Waals surface area contributed by atoms with Gasteiger partial charge in [0.15, 0.2) is 5.75 Å². The van der Waals surface area contributed by atoms with Crippen LogP contribution in [0.15, 0.2) is 24.3 Å². The number of hydroxylamine groups is 2. The van der Waals surface area contributed by atoms with Gasteiger partial charge in [0.1, 0.15) is 0 Å². The smallest absolute Gasteiger partial charge is 0.150 e. The number of rotatable bonds is 3. The van der Waals surface area contributed by atoms with E-state index in [0.717, 1.165) is 25.3 Å². The zero-order chi connectivity index (χ0) is 10.5. The van der Waals surface area contributed by atoms with Gasteiger partial charge in [0, 0.05) is 13.1 Å². The number of para-hydroxylation sites is 1. The molecule has 0 radical (unpaired) electrons. The lowest BCUT2D eigenvalue weighted by Gasteiger charge is -2.26. The lowest BCUT2D eigenvalue weighted by molar-refractivity contribution is -0.0726. The standard InChI is InChI=1S/C13H19NO/c1-2-12-8-4-5-9-13(12)15-14-10-6-3-7-11-14/h4-5,8-9H,2-3,6-7,10-11H2,1H3. The molecule has 1 aromatic carbocycles. The van der Waals surface area contributed by atoms with E-state index in [0.29, 0.717) is 0 Å². The Balaban J connectivity index is 2.02. The third kappa shape index (κ3) is 2.72. The maximum Gasteiger partial charge on any atom is 0.150 e. The highest BCUT2D eigenvalue weighted by molar-refractivity contribution is 5.32. The van der Waals surface area contributed by atoms with E-state index in [1.54, 1.807) is 0 Å². The number of piperidine rings is 1. The average molecular weight is 205 g/mol. The summed E-state index contributed by atoms with van der Waals surface area (Å²) in [6.07, 6.45) is 4.89. The molecule has 15 heavy (non-hydrogen) atoms. The van der Waals surface area contributed by atoms with E-state index >= 15 is 0 Å². The summed E-state index contributed by atoms with van der Waals surface area (Å²) in [7, 11) is 0. The van der Waals surface area contributed by atoms with E-state index in [1.165, 1.54) is 24.8 Å². The van der Waals surface area contributed by atoms with Crippen molar-refractivity contribution in [3.63, 3.8) is 0 Å². The summed E-state index contributed by atoms with van der Waals surface area (Å²) < 4.78 is 0. The third-order valence-corrected chi connectivity index (χ3v) is 2.90. The summed E-state index contributed by atoms with van der Waals surface area (Å²) in [6, 6.07) is 8.31. The fourth-order valence-electron chi connectivity index (χ4n) is 1.98. The van der Waals surface area contributed by atoms with Crippen molar-refractivity contribution in [2.24, 2.45) is 0 Å². The minimum atomic E-state index is 1.03. The van der Waals surface area contributed by atoms with Gasteiger partial charge in [0.2, 0.25) is 0 Å². The Kier molecular flexibility index (Phi) is 3.62. The molecule has 1 fully saturated rings. The summed E-state index contributed by atoms with van der Waals surface area (Å²) >= 11 is 0. The van der Waals surface area contributed by atoms with Crippen LogP contribution in [0.4, 0.5) is 0 Å². The van der Waals surface area contributed by atoms with Crippen LogP contribution in [0.3, 0.4) is 0 Å². The first-order valence-corrected chi connectivity index (χ1v) is 5.91. The predicted octanol–water partition coefficient (Wildman–Crippen LogP) is 3.03. The molecule has 0 aromatic heterocycles. The Morgan fingerprint density at radius 1 is 1.13 bits per heavy atom. The predicted molar refractivity (Wildman–Crippen MR) is 61.9 cm³/mol. The summed E-state index contributed by atoms with van der Waals surface area (Å²) in [5.74, 6) is 1.03. The Labute approximate surface area is 91.8 Å². The number of hydrogen-bond donors (Lipinski definition) is 0. The number of hydrogen-bond acceptors (Lipinski definition) is 2. The molecule has 0 N–H and O–H groups in total. The van der Waals surface area contributed by atoms with Crippen LogP contribution in [0, 0.1) is 0 Å². The fraction of sp³-hybridized carbons (Fsp3) is 0.538. The van der Waals surface area contributed by atoms with Crippen molar-refractivity contribution in [2.45, 2.75) is 32.6 Å². The van der Waals surface area contributed by atoms with E-state index in [4.69, 9.17) is 4.84 Å². The van der Waals surface area contributed by atoms with Gasteiger partial charge in [-0.05, 0) is 30.9 Å². The SMILES string of the molecule is CCc1ccccc1ON1CCCCC1. The topological polar surface area (TPSA) is 12.5 Å². The van der Waals surface area contributed by atoms with Gasteiger partial charge >= 0.3 is 0 Å². The van der Waals surface area contributed by atoms with E-state index in [1.807, 2.05) is 6.07 Å². The van der Waals surface area contributed by atoms with Gasteiger partial charge in [-0.2, -0.15) is 0 Å². The van der Waals surface area contributed by atoms with Crippen LogP contribution in [-0.2, 0) is 6.42 Å². The van der Waals surface area contributed by atoms with Crippen LogP contribution >= 0.6 is 0 Å². The van der Waals surface area contributed by atoms with Gasteiger partial charge in [-0.15, -0.1) is 5.06 Å². The van der Waals surface area contributed by atoms with E-state index in [-0.39, 0.29) is 0 Å². The first kappa shape index (κ1) is 10.5. The zero-order valence-corrected chi connectivity index (χ0v) is 9.41. The number of benzene rings is 1. The Bertz CT molecular complexity index is 305. The molecule has 0 unspecified atom stereocenters. The molecule has 1 saturated heterocycles. The largest absolute Gasteiger partial charge is 0.406 e. The van der Waals surface area contributed by atoms with E-state index < -0.39 is 0 Å². The maximum absolute atomic E-state index is 5.91. The van der Waals surface area contributed by atoms with Crippen molar-refractivity contribution in [1.29, 1.82) is 0 Å². The highest BCUT2D eigenvalue weighted by Crippen LogP contribution is 2.21. The van der Waals surface area contributed by atoms with Gasteiger partial charge in [-0.25, -0.2) is 0 Å². The minimum Gasteiger partial charge on any atom is -0.406 e. The molecule has 82 valence electrons. The summed E-state index contributed by atoms with van der Waals surface area (Å²) in [6.45, 7) is 4.30. The number of aryl methyl sites for hydroxylation is 1. The maximum atomic E-state index is 5.91. The highest BCUT2D eigenvalue weighted by Gasteiger charge is 2.12. The molecule has 0 aliphatic carbocycles. The van der Waals surface area contributed by atoms with Gasteiger partial charge in [-0.3, -0.25) is 0 Å². The molecule has 1 heterocycles. The lowest BCUT2D eigenvalue weighted by atomic mass is 10.1. The molecule has 0 spiro atoms. The highest BCUT2D eigenvalue weighted by atomic mass is 16.7. The van der Waals surface area contributed by atoms with Crippen LogP contribution in [0.1, 0.15) is 31.7 Å². The normalized spacial score (nSPS) is 17.7. The first-order chi connectivity index (χ1) is 7.40. The molecule has 1 aliphatic heterocycles. The Morgan fingerprint density at radius 3 is 2.60 bits per heavy atom. The second kappa shape index (κ2) is 5.17. The molecular formula is C13H19NO. The molecule has 0 bridgehead atoms. The summed E-state index contributed by atoms with van der Waals surface area (Å²) in [4.78, 5) is 5.91. The summed E-state index contributed by atoms with van der Waals surface area (Å²) in [5.41, 5.74) is 1.29. The van der Waals surface area contributed by atoms with Crippen LogP contribution in [-0.4, -0.2) is 18.2 Å². The molecule has 2 heteroatoms. The van der Waals surface area contributed by atoms with Crippen LogP contribution in [0.5, 0.6) is 5.75 Å². The van der Waals surface area contributed by atoms with Crippen molar-refractivity contribution in [2.75, 3.05) is 13.1 Å². The second-order valence-corrected chi connectivity index (χ2v) is 4.04. The van der Waals surface area contributed by atoms with Crippen LogP contribution in [0.25, 0.3) is 0 Å². The zero-order valence-electron chi connectivity index (χ0n) is 9.41. The molecule has 2 nitrogen and oxygen atoms in total. The Morgan fingerprint density at radius 2 is 1.87 bits per heavy atom. The van der Waals surface area contributed by atoms with E-state index in [2.05, 4.69) is 30.2 Å². The molecule has 0 amide bonds. The van der Waals surface area contributed by atoms with Crippen molar-refractivity contribution in [3.8, 4) is 5.75 Å². The average Bonchev–Trinajstić information content (AvgIpc) is 2.31. The molecule has 1 aromatic rings. The van der Waals surface area contributed by atoms with Crippen molar-refractivity contribution >= 4 is 0 Å².